The van der Waals surface area contributed by atoms with Gasteiger partial charge in [0.2, 0.25) is 5.82 Å². The number of hydrogen-bond donors (Lipinski definition) is 1. The first-order valence-corrected chi connectivity index (χ1v) is 5.84. The molecular weight excluding hydrogens is 269 g/mol. The first kappa shape index (κ1) is 12.7. The number of nitrogens with zero attached hydrogens (tertiary/aromatic N) is 2. The molecule has 3 rings (SSSR count). The van der Waals surface area contributed by atoms with Crippen molar-refractivity contribution < 1.29 is 18.3 Å². The molecule has 1 aromatic heterocycles. The summed E-state index contributed by atoms with van der Waals surface area (Å²) in [7, 11) is 0. The van der Waals surface area contributed by atoms with E-state index in [0.717, 1.165) is 0 Å². The van der Waals surface area contributed by atoms with Crippen LogP contribution < -0.4 is 5.22 Å². The first-order chi connectivity index (χ1) is 9.38. The van der Waals surface area contributed by atoms with Gasteiger partial charge in [-0.1, -0.05) is 12.1 Å². The van der Waals surface area contributed by atoms with E-state index in [1.165, 1.54) is 19.1 Å². The van der Waals surface area contributed by atoms with E-state index < -0.39 is 12.0 Å². The lowest BCUT2D eigenvalue weighted by atomic mass is 10.0. The minimum absolute atomic E-state index is 0.0966. The molecule has 0 saturated carbocycles. The van der Waals surface area contributed by atoms with Gasteiger partial charge in [-0.15, -0.1) is 0 Å². The molecule has 1 N–H and O–H groups in total. The van der Waals surface area contributed by atoms with Gasteiger partial charge in [0.15, 0.2) is 0 Å². The summed E-state index contributed by atoms with van der Waals surface area (Å²) in [5.41, 5.74) is 0.422. The molecule has 2 aromatic carbocycles. The van der Waals surface area contributed by atoms with Crippen LogP contribution in [0.2, 0.25) is 0 Å². The van der Waals surface area contributed by atoms with Gasteiger partial charge < -0.3 is 5.11 Å². The Bertz CT molecular complexity index is 849. The van der Waals surface area contributed by atoms with Gasteiger partial charge in [-0.2, -0.15) is 13.2 Å². The molecule has 0 aliphatic carbocycles. The normalized spacial score (nSPS) is 14.0. The van der Waals surface area contributed by atoms with Crippen LogP contribution in [-0.2, 0) is 6.18 Å². The summed E-state index contributed by atoms with van der Waals surface area (Å²) < 4.78 is 38.3. The third kappa shape index (κ3) is 1.84. The molecule has 3 aromatic rings. The molecule has 0 unspecified atom stereocenters. The average molecular weight is 278 g/mol. The number of aromatic nitrogens is 2. The van der Waals surface area contributed by atoms with Crippen molar-refractivity contribution in [1.29, 1.82) is 0 Å². The van der Waals surface area contributed by atoms with Crippen LogP contribution in [0.15, 0.2) is 30.3 Å². The fourth-order valence-electron chi connectivity index (χ4n) is 2.25. The molecule has 0 aliphatic rings. The maximum atomic E-state index is 12.8. The first-order valence-electron chi connectivity index (χ1n) is 5.84. The van der Waals surface area contributed by atoms with Crippen molar-refractivity contribution in [2.45, 2.75) is 13.1 Å². The summed E-state index contributed by atoms with van der Waals surface area (Å²) in [6, 6.07) is 7.85. The summed E-state index contributed by atoms with van der Waals surface area (Å²) in [6.07, 6.45) is -4.59. The number of aliphatic hydroxyl groups is 1. The predicted molar refractivity (Wildman–Crippen MR) is 69.0 cm³/mol. The van der Waals surface area contributed by atoms with E-state index in [0.29, 0.717) is 16.0 Å². The van der Waals surface area contributed by atoms with Crippen LogP contribution in [0.25, 0.3) is 27.6 Å². The average Bonchev–Trinajstić information content (AvgIpc) is 2.37. The maximum Gasteiger partial charge on any atom is 0.451 e. The Labute approximate surface area is 111 Å². The lowest BCUT2D eigenvalue weighted by Crippen LogP contribution is -2.13. The Kier molecular flexibility index (Phi) is 2.57. The highest BCUT2D eigenvalue weighted by Crippen LogP contribution is 2.30. The lowest BCUT2D eigenvalue weighted by molar-refractivity contribution is -0.144. The number of halogens is 3. The molecule has 1 heterocycles. The molecule has 0 amide bonds. The topological polar surface area (TPSA) is 46.0 Å². The quantitative estimate of drug-likeness (QED) is 0.687. The molecule has 6 heteroatoms. The standard InChI is InChI=1S/C14H9F3N2O/c1-7(20)8-5-6-11-12-9(8)3-2-4-10(12)18-13(19-11)14(15,16)17/h2-6,20H,1H3/b8-7-. The van der Waals surface area contributed by atoms with Crippen LogP contribution in [-0.4, -0.2) is 15.1 Å². The largest absolute Gasteiger partial charge is 0.512 e. The Balaban J connectivity index is 2.53. The van der Waals surface area contributed by atoms with Gasteiger partial charge in [-0.3, -0.25) is 0 Å². The summed E-state index contributed by atoms with van der Waals surface area (Å²) in [4.78, 5) is 7.14. The van der Waals surface area contributed by atoms with E-state index in [2.05, 4.69) is 9.97 Å². The van der Waals surface area contributed by atoms with Crippen molar-refractivity contribution >= 4 is 27.6 Å². The van der Waals surface area contributed by atoms with Gasteiger partial charge in [-0.25, -0.2) is 9.97 Å². The molecule has 0 radical (unpaired) electrons. The molecule has 0 fully saturated rings. The summed E-state index contributed by atoms with van der Waals surface area (Å²) in [6.45, 7) is 1.52. The van der Waals surface area contributed by atoms with E-state index in [-0.39, 0.29) is 16.8 Å². The Morgan fingerprint density at radius 2 is 1.70 bits per heavy atom. The van der Waals surface area contributed by atoms with Gasteiger partial charge in [0, 0.05) is 10.6 Å². The van der Waals surface area contributed by atoms with E-state index in [1.54, 1.807) is 18.2 Å². The highest BCUT2D eigenvalue weighted by atomic mass is 19.4. The summed E-state index contributed by atoms with van der Waals surface area (Å²) in [5, 5.41) is 11.4. The maximum absolute atomic E-state index is 12.8. The SMILES string of the molecule is C/C(O)=c1\ccc2nc(C(F)(F)F)nc3cccc1c32. The Morgan fingerprint density at radius 1 is 1.05 bits per heavy atom. The van der Waals surface area contributed by atoms with E-state index in [4.69, 9.17) is 0 Å². The molecule has 102 valence electrons. The van der Waals surface area contributed by atoms with E-state index in [9.17, 15) is 18.3 Å². The number of benzene rings is 2. The second-order valence-corrected chi connectivity index (χ2v) is 4.46. The lowest BCUT2D eigenvalue weighted by Gasteiger charge is -2.09. The van der Waals surface area contributed by atoms with Gasteiger partial charge in [0.05, 0.1) is 16.8 Å². The molecule has 0 saturated heterocycles. The fraction of sp³-hybridized carbons (Fsp3) is 0.143. The van der Waals surface area contributed by atoms with Gasteiger partial charge in [0.25, 0.3) is 0 Å². The van der Waals surface area contributed by atoms with Crippen molar-refractivity contribution in [3.8, 4) is 0 Å². The van der Waals surface area contributed by atoms with Crippen LogP contribution >= 0.6 is 0 Å². The zero-order valence-corrected chi connectivity index (χ0v) is 10.4. The second-order valence-electron chi connectivity index (χ2n) is 4.46. The molecule has 20 heavy (non-hydrogen) atoms. The van der Waals surface area contributed by atoms with Crippen molar-refractivity contribution in [2.75, 3.05) is 0 Å². The van der Waals surface area contributed by atoms with Gasteiger partial charge >= 0.3 is 6.18 Å². The molecule has 0 spiro atoms. The van der Waals surface area contributed by atoms with Crippen molar-refractivity contribution in [2.24, 2.45) is 0 Å². The Morgan fingerprint density at radius 3 is 2.30 bits per heavy atom. The minimum atomic E-state index is -4.59. The van der Waals surface area contributed by atoms with Crippen molar-refractivity contribution in [1.82, 2.24) is 9.97 Å². The second kappa shape index (κ2) is 4.06. The number of hydrogen-bond acceptors (Lipinski definition) is 3. The number of rotatable bonds is 0. The van der Waals surface area contributed by atoms with E-state index in [1.807, 2.05) is 0 Å². The van der Waals surface area contributed by atoms with E-state index >= 15 is 0 Å². The van der Waals surface area contributed by atoms with Crippen LogP contribution in [0.3, 0.4) is 0 Å². The minimum Gasteiger partial charge on any atom is -0.512 e. The van der Waals surface area contributed by atoms with Crippen molar-refractivity contribution in [3.05, 3.63) is 41.4 Å². The van der Waals surface area contributed by atoms with Crippen molar-refractivity contribution in [3.63, 3.8) is 0 Å². The van der Waals surface area contributed by atoms with Gasteiger partial charge in [-0.05, 0) is 30.5 Å². The summed E-state index contributed by atoms with van der Waals surface area (Å²) in [5.74, 6) is -1.06. The molecule has 0 bridgehead atoms. The fourth-order valence-corrected chi connectivity index (χ4v) is 2.25. The van der Waals surface area contributed by atoms with Gasteiger partial charge in [0.1, 0.15) is 0 Å². The zero-order chi connectivity index (χ0) is 14.5. The van der Waals surface area contributed by atoms with Crippen LogP contribution in [0.5, 0.6) is 0 Å². The molecule has 3 nitrogen and oxygen atoms in total. The smallest absolute Gasteiger partial charge is 0.451 e. The zero-order valence-electron chi connectivity index (χ0n) is 10.4. The van der Waals surface area contributed by atoms with Crippen LogP contribution in [0, 0.1) is 0 Å². The molecular formula is C14H9F3N2O. The predicted octanol–water partition coefficient (Wildman–Crippen LogP) is 3.21. The highest BCUT2D eigenvalue weighted by Gasteiger charge is 2.35. The highest BCUT2D eigenvalue weighted by molar-refractivity contribution is 6.07. The molecule has 0 atom stereocenters. The third-order valence-corrected chi connectivity index (χ3v) is 3.09. The molecule has 0 aliphatic heterocycles. The number of aliphatic hydroxyl groups excluding tert-OH is 1. The van der Waals surface area contributed by atoms with Crippen LogP contribution in [0.1, 0.15) is 12.7 Å². The third-order valence-electron chi connectivity index (χ3n) is 3.09. The monoisotopic (exact) mass is 278 g/mol. The summed E-state index contributed by atoms with van der Waals surface area (Å²) >= 11 is 0. The number of alkyl halides is 3. The van der Waals surface area contributed by atoms with Crippen LogP contribution in [0.4, 0.5) is 13.2 Å². The Hall–Kier alpha value is -2.37.